The van der Waals surface area contributed by atoms with E-state index in [-0.39, 0.29) is 18.0 Å². The lowest BCUT2D eigenvalue weighted by atomic mass is 9.98. The summed E-state index contributed by atoms with van der Waals surface area (Å²) in [7, 11) is 3.36. The van der Waals surface area contributed by atoms with E-state index in [1.54, 1.807) is 0 Å². The van der Waals surface area contributed by atoms with Crippen molar-refractivity contribution in [3.63, 3.8) is 0 Å². The minimum Gasteiger partial charge on any atom is -0.492 e. The molecule has 5 heteroatoms. The van der Waals surface area contributed by atoms with Gasteiger partial charge in [-0.3, -0.25) is 4.79 Å². The molecule has 0 bridgehead atoms. The summed E-state index contributed by atoms with van der Waals surface area (Å²) >= 11 is 0. The number of anilines is 1. The molecule has 1 aliphatic carbocycles. The second kappa shape index (κ2) is 6.90. The molecule has 1 aliphatic heterocycles. The Labute approximate surface area is 153 Å². The van der Waals surface area contributed by atoms with E-state index in [0.717, 1.165) is 29.9 Å². The van der Waals surface area contributed by atoms with Crippen molar-refractivity contribution in [2.45, 2.75) is 31.3 Å². The van der Waals surface area contributed by atoms with Crippen molar-refractivity contribution in [3.8, 4) is 11.5 Å². The predicted octanol–water partition coefficient (Wildman–Crippen LogP) is 3.83. The van der Waals surface area contributed by atoms with Crippen LogP contribution in [-0.2, 0) is 16.0 Å². The molecular weight excluding hydrogens is 330 g/mol. The van der Waals surface area contributed by atoms with Crippen LogP contribution in [0.1, 0.15) is 41.6 Å². The molecule has 4 rings (SSSR count). The second-order valence-electron chi connectivity index (χ2n) is 6.76. The highest BCUT2D eigenvalue weighted by atomic mass is 16.5. The molecule has 1 heterocycles. The average Bonchev–Trinajstić information content (AvgIpc) is 3.26. The molecule has 1 N–H and O–H groups in total. The topological polar surface area (TPSA) is 56.8 Å². The van der Waals surface area contributed by atoms with Crippen molar-refractivity contribution in [2.24, 2.45) is 0 Å². The third-order valence-electron chi connectivity index (χ3n) is 5.27. The summed E-state index contributed by atoms with van der Waals surface area (Å²) in [5.74, 6) is 1.44. The van der Waals surface area contributed by atoms with Gasteiger partial charge in [0.2, 0.25) is 0 Å². The highest BCUT2D eigenvalue weighted by Gasteiger charge is 2.29. The van der Waals surface area contributed by atoms with E-state index < -0.39 is 0 Å². The Bertz CT molecular complexity index is 833. The smallest absolute Gasteiger partial charge is 0.306 e. The van der Waals surface area contributed by atoms with Gasteiger partial charge >= 0.3 is 5.97 Å². The van der Waals surface area contributed by atoms with Gasteiger partial charge in [0.1, 0.15) is 17.6 Å². The minimum absolute atomic E-state index is 0.0527. The Morgan fingerprint density at radius 2 is 2.15 bits per heavy atom. The number of hydrogen-bond acceptors (Lipinski definition) is 5. The molecule has 0 amide bonds. The van der Waals surface area contributed by atoms with Gasteiger partial charge in [-0.25, -0.2) is 0 Å². The summed E-state index contributed by atoms with van der Waals surface area (Å²) in [6, 6.07) is 12.2. The number of fused-ring (bicyclic) bond motifs is 2. The zero-order valence-electron chi connectivity index (χ0n) is 15.1. The lowest BCUT2D eigenvalue weighted by Gasteiger charge is -2.16. The number of carbonyl (C=O) groups excluding carboxylic acids is 1. The van der Waals surface area contributed by atoms with Crippen LogP contribution in [0.2, 0.25) is 0 Å². The van der Waals surface area contributed by atoms with E-state index in [1.807, 2.05) is 25.2 Å². The molecule has 2 unspecified atom stereocenters. The van der Waals surface area contributed by atoms with Gasteiger partial charge < -0.3 is 19.5 Å². The van der Waals surface area contributed by atoms with Gasteiger partial charge in [0, 0.05) is 30.3 Å². The van der Waals surface area contributed by atoms with Crippen LogP contribution >= 0.6 is 0 Å². The molecule has 2 aliphatic rings. The Balaban J connectivity index is 1.51. The van der Waals surface area contributed by atoms with Gasteiger partial charge in [0.25, 0.3) is 0 Å². The number of hydrogen-bond donors (Lipinski definition) is 1. The van der Waals surface area contributed by atoms with Crippen LogP contribution in [0, 0.1) is 0 Å². The molecule has 26 heavy (non-hydrogen) atoms. The number of esters is 1. The zero-order chi connectivity index (χ0) is 18.1. The van der Waals surface area contributed by atoms with Gasteiger partial charge in [-0.2, -0.15) is 0 Å². The van der Waals surface area contributed by atoms with Crippen molar-refractivity contribution in [3.05, 3.63) is 53.1 Å². The highest BCUT2D eigenvalue weighted by molar-refractivity contribution is 5.71. The Morgan fingerprint density at radius 1 is 1.27 bits per heavy atom. The maximum atomic E-state index is 11.5. The summed E-state index contributed by atoms with van der Waals surface area (Å²) in [4.78, 5) is 11.5. The first-order chi connectivity index (χ1) is 12.7. The van der Waals surface area contributed by atoms with E-state index in [1.165, 1.54) is 23.9 Å². The first-order valence-electron chi connectivity index (χ1n) is 8.99. The molecular formula is C21H23NO4. The number of methoxy groups -OCH3 is 1. The monoisotopic (exact) mass is 353 g/mol. The van der Waals surface area contributed by atoms with Gasteiger partial charge in [-0.1, -0.05) is 18.2 Å². The largest absolute Gasteiger partial charge is 0.492 e. The van der Waals surface area contributed by atoms with Crippen molar-refractivity contribution in [2.75, 3.05) is 26.1 Å². The van der Waals surface area contributed by atoms with Crippen LogP contribution < -0.4 is 14.8 Å². The van der Waals surface area contributed by atoms with Crippen LogP contribution in [0.5, 0.6) is 11.5 Å². The fraction of sp³-hybridized carbons (Fsp3) is 0.381. The molecule has 0 saturated carbocycles. The zero-order valence-corrected chi connectivity index (χ0v) is 15.1. The maximum Gasteiger partial charge on any atom is 0.306 e. The molecule has 2 atom stereocenters. The van der Waals surface area contributed by atoms with Gasteiger partial charge in [0.15, 0.2) is 0 Å². The highest BCUT2D eigenvalue weighted by Crippen LogP contribution is 2.42. The van der Waals surface area contributed by atoms with E-state index in [2.05, 4.69) is 23.5 Å². The van der Waals surface area contributed by atoms with Gasteiger partial charge in [-0.05, 0) is 36.1 Å². The Morgan fingerprint density at radius 3 is 2.96 bits per heavy atom. The maximum absolute atomic E-state index is 11.5. The number of benzene rings is 2. The predicted molar refractivity (Wildman–Crippen MR) is 99.0 cm³/mol. The number of carbonyl (C=O) groups is 1. The molecule has 5 nitrogen and oxygen atoms in total. The molecule has 2 aromatic rings. The molecule has 0 spiro atoms. The number of nitrogens with one attached hydrogen (secondary N) is 1. The number of rotatable bonds is 5. The van der Waals surface area contributed by atoms with E-state index in [9.17, 15) is 4.79 Å². The first kappa shape index (κ1) is 16.8. The third-order valence-corrected chi connectivity index (χ3v) is 5.27. The van der Waals surface area contributed by atoms with Crippen LogP contribution in [0.15, 0.2) is 36.4 Å². The second-order valence-corrected chi connectivity index (χ2v) is 6.76. The van der Waals surface area contributed by atoms with Crippen LogP contribution in [-0.4, -0.2) is 26.7 Å². The molecule has 0 saturated heterocycles. The molecule has 136 valence electrons. The third kappa shape index (κ3) is 2.98. The van der Waals surface area contributed by atoms with Gasteiger partial charge in [0.05, 0.1) is 20.1 Å². The quantitative estimate of drug-likeness (QED) is 0.828. The molecule has 0 fully saturated rings. The standard InChI is InChI=1S/C21H23NO4/c1-22-18-5-3-4-17-16(18)8-9-19(17)26-14-6-7-15-13(10-21(23)24-2)12-25-20(15)11-14/h3-7,11,13,19,22H,8-10,12H2,1-2H3. The summed E-state index contributed by atoms with van der Waals surface area (Å²) in [6.45, 7) is 0.506. The lowest BCUT2D eigenvalue weighted by molar-refractivity contribution is -0.141. The average molecular weight is 353 g/mol. The molecule has 2 aromatic carbocycles. The van der Waals surface area contributed by atoms with Crippen LogP contribution in [0.25, 0.3) is 0 Å². The number of ether oxygens (including phenoxy) is 3. The van der Waals surface area contributed by atoms with Crippen molar-refractivity contribution >= 4 is 11.7 Å². The lowest BCUT2D eigenvalue weighted by Crippen LogP contribution is -2.09. The molecule has 0 aromatic heterocycles. The van der Waals surface area contributed by atoms with Crippen LogP contribution in [0.3, 0.4) is 0 Å². The van der Waals surface area contributed by atoms with Gasteiger partial charge in [-0.15, -0.1) is 0 Å². The fourth-order valence-corrected chi connectivity index (χ4v) is 3.92. The Kier molecular flexibility index (Phi) is 4.45. The van der Waals surface area contributed by atoms with Crippen molar-refractivity contribution in [1.29, 1.82) is 0 Å². The van der Waals surface area contributed by atoms with E-state index >= 15 is 0 Å². The summed E-state index contributed by atoms with van der Waals surface area (Å²) in [5.41, 5.74) is 4.82. The summed E-state index contributed by atoms with van der Waals surface area (Å²) in [6.07, 6.45) is 2.38. The minimum atomic E-state index is -0.213. The van der Waals surface area contributed by atoms with Crippen LogP contribution in [0.4, 0.5) is 5.69 Å². The fourth-order valence-electron chi connectivity index (χ4n) is 3.92. The summed E-state index contributed by atoms with van der Waals surface area (Å²) in [5, 5.41) is 3.26. The van der Waals surface area contributed by atoms with E-state index in [0.29, 0.717) is 13.0 Å². The molecule has 0 radical (unpaired) electrons. The first-order valence-corrected chi connectivity index (χ1v) is 8.99. The van der Waals surface area contributed by atoms with Crippen molar-refractivity contribution < 1.29 is 19.0 Å². The Hall–Kier alpha value is -2.69. The summed E-state index contributed by atoms with van der Waals surface area (Å²) < 4.78 is 16.8. The normalized spacial score (nSPS) is 20.1. The SMILES string of the molecule is CNc1cccc2c1CCC2Oc1ccc2c(c1)OCC2CC(=O)OC. The van der Waals surface area contributed by atoms with E-state index in [4.69, 9.17) is 14.2 Å². The van der Waals surface area contributed by atoms with Crippen molar-refractivity contribution in [1.82, 2.24) is 0 Å².